The van der Waals surface area contributed by atoms with Gasteiger partial charge in [0.15, 0.2) is 33.1 Å². The lowest BCUT2D eigenvalue weighted by molar-refractivity contribution is -0.120. The summed E-state index contributed by atoms with van der Waals surface area (Å²) in [7, 11) is 0.418. The number of sulfone groups is 1. The van der Waals surface area contributed by atoms with Gasteiger partial charge in [0.1, 0.15) is 0 Å². The third kappa shape index (κ3) is 6.36. The first-order valence-electron chi connectivity index (χ1n) is 9.08. The number of amides is 1. The number of likely N-dealkylation sites (N-methyl/N-ethyl adjacent to an activating group) is 1. The van der Waals surface area contributed by atoms with E-state index in [0.29, 0.717) is 28.4 Å². The minimum absolute atomic E-state index is 0. The number of anilines is 1. The molecule has 2 aromatic carbocycles. The zero-order valence-electron chi connectivity index (χ0n) is 17.2. The van der Waals surface area contributed by atoms with Gasteiger partial charge in [-0.25, -0.2) is 17.8 Å². The lowest BCUT2D eigenvalue weighted by atomic mass is 10.3. The SMILES string of the molecule is CN(C)CCN(C(=O)COc1ccccc1F)c1nc2ccc(S(C)(=O)=O)cc2s1.Cl. The summed E-state index contributed by atoms with van der Waals surface area (Å²) in [6.07, 6.45) is 1.14. The standard InChI is InChI=1S/C20H22FN3O4S2.ClH/c1-23(2)10-11-24(19(25)13-28-17-7-5-4-6-15(17)21)20-22-16-9-8-14(30(3,26)27)12-18(16)29-20;/h4-9,12H,10-11,13H2,1-3H3;1H. The zero-order valence-corrected chi connectivity index (χ0v) is 19.7. The Balaban J connectivity index is 0.00000341. The summed E-state index contributed by atoms with van der Waals surface area (Å²) in [5, 5.41) is 0.430. The number of carbonyl (C=O) groups is 1. The van der Waals surface area contributed by atoms with E-state index in [-0.39, 0.29) is 35.6 Å². The number of benzene rings is 2. The molecule has 31 heavy (non-hydrogen) atoms. The van der Waals surface area contributed by atoms with Crippen molar-refractivity contribution in [2.24, 2.45) is 0 Å². The highest BCUT2D eigenvalue weighted by atomic mass is 35.5. The predicted octanol–water partition coefficient (Wildman–Crippen LogP) is 3.23. The van der Waals surface area contributed by atoms with Crippen LogP contribution in [-0.2, 0) is 14.6 Å². The van der Waals surface area contributed by atoms with Gasteiger partial charge in [0, 0.05) is 19.3 Å². The van der Waals surface area contributed by atoms with E-state index in [0.717, 1.165) is 6.26 Å². The van der Waals surface area contributed by atoms with E-state index in [1.807, 2.05) is 19.0 Å². The fourth-order valence-corrected chi connectivity index (χ4v) is 4.41. The van der Waals surface area contributed by atoms with Crippen LogP contribution >= 0.6 is 23.7 Å². The number of para-hydroxylation sites is 1. The third-order valence-electron chi connectivity index (χ3n) is 4.27. The van der Waals surface area contributed by atoms with E-state index in [1.54, 1.807) is 24.3 Å². The summed E-state index contributed by atoms with van der Waals surface area (Å²) in [5.74, 6) is -0.915. The van der Waals surface area contributed by atoms with Crippen molar-refractivity contribution in [2.45, 2.75) is 4.90 Å². The quantitative estimate of drug-likeness (QED) is 0.485. The summed E-state index contributed by atoms with van der Waals surface area (Å²) in [6, 6.07) is 10.5. The fourth-order valence-electron chi connectivity index (χ4n) is 2.65. The molecule has 0 aliphatic rings. The molecular formula is C20H23ClFN3O4S2. The van der Waals surface area contributed by atoms with E-state index in [2.05, 4.69) is 4.98 Å². The molecule has 0 unspecified atom stereocenters. The number of nitrogens with zero attached hydrogens (tertiary/aromatic N) is 3. The van der Waals surface area contributed by atoms with Crippen LogP contribution < -0.4 is 9.64 Å². The van der Waals surface area contributed by atoms with Crippen molar-refractivity contribution in [1.82, 2.24) is 9.88 Å². The van der Waals surface area contributed by atoms with Gasteiger partial charge in [-0.2, -0.15) is 0 Å². The molecule has 1 heterocycles. The molecule has 0 spiro atoms. The van der Waals surface area contributed by atoms with E-state index in [1.165, 1.54) is 34.4 Å². The summed E-state index contributed by atoms with van der Waals surface area (Å²) in [5.41, 5.74) is 0.597. The minimum atomic E-state index is -3.35. The van der Waals surface area contributed by atoms with Crippen LogP contribution in [0.5, 0.6) is 5.75 Å². The Morgan fingerprint density at radius 2 is 1.87 bits per heavy atom. The summed E-state index contributed by atoms with van der Waals surface area (Å²) in [4.78, 5) is 21.0. The van der Waals surface area contributed by atoms with E-state index in [9.17, 15) is 17.6 Å². The second-order valence-corrected chi connectivity index (χ2v) is 9.99. The van der Waals surface area contributed by atoms with Gasteiger partial charge in [-0.1, -0.05) is 23.5 Å². The molecule has 11 heteroatoms. The second-order valence-electron chi connectivity index (χ2n) is 6.97. The normalized spacial score (nSPS) is 11.4. The molecule has 0 aliphatic carbocycles. The van der Waals surface area contributed by atoms with Crippen LogP contribution in [0.4, 0.5) is 9.52 Å². The Labute approximate surface area is 190 Å². The second kappa shape index (κ2) is 10.4. The molecule has 7 nitrogen and oxygen atoms in total. The molecule has 0 N–H and O–H groups in total. The largest absolute Gasteiger partial charge is 0.481 e. The van der Waals surface area contributed by atoms with Crippen LogP contribution in [0.2, 0.25) is 0 Å². The van der Waals surface area contributed by atoms with Gasteiger partial charge in [-0.3, -0.25) is 9.69 Å². The van der Waals surface area contributed by atoms with Crippen molar-refractivity contribution < 1.29 is 22.3 Å². The van der Waals surface area contributed by atoms with Crippen molar-refractivity contribution in [3.63, 3.8) is 0 Å². The molecule has 0 atom stereocenters. The van der Waals surface area contributed by atoms with Gasteiger partial charge in [-0.15, -0.1) is 12.4 Å². The molecule has 3 aromatic rings. The topological polar surface area (TPSA) is 79.8 Å². The van der Waals surface area contributed by atoms with Crippen molar-refractivity contribution in [2.75, 3.05) is 44.9 Å². The fraction of sp³-hybridized carbons (Fsp3) is 0.300. The number of hydrogen-bond acceptors (Lipinski definition) is 7. The maximum atomic E-state index is 13.8. The Morgan fingerprint density at radius 1 is 1.16 bits per heavy atom. The van der Waals surface area contributed by atoms with Crippen LogP contribution in [0.25, 0.3) is 10.2 Å². The number of ether oxygens (including phenoxy) is 1. The molecule has 0 aliphatic heterocycles. The number of hydrogen-bond donors (Lipinski definition) is 0. The van der Waals surface area contributed by atoms with E-state index in [4.69, 9.17) is 4.74 Å². The highest BCUT2D eigenvalue weighted by molar-refractivity contribution is 7.90. The number of halogens is 2. The first kappa shape index (κ1) is 25.0. The summed E-state index contributed by atoms with van der Waals surface area (Å²) in [6.45, 7) is 0.583. The first-order valence-corrected chi connectivity index (χ1v) is 11.8. The van der Waals surface area contributed by atoms with Crippen LogP contribution in [-0.4, -0.2) is 64.3 Å². The lowest BCUT2D eigenvalue weighted by Crippen LogP contribution is -2.39. The number of rotatable bonds is 8. The molecule has 0 saturated heterocycles. The van der Waals surface area contributed by atoms with E-state index < -0.39 is 15.7 Å². The molecule has 3 rings (SSSR count). The van der Waals surface area contributed by atoms with Crippen LogP contribution in [0.15, 0.2) is 47.4 Å². The summed E-state index contributed by atoms with van der Waals surface area (Å²) >= 11 is 1.22. The average molecular weight is 488 g/mol. The minimum Gasteiger partial charge on any atom is -0.481 e. The molecule has 168 valence electrons. The van der Waals surface area contributed by atoms with Crippen LogP contribution in [0.3, 0.4) is 0 Å². The number of aromatic nitrogens is 1. The van der Waals surface area contributed by atoms with Gasteiger partial charge in [-0.05, 0) is 44.4 Å². The maximum absolute atomic E-state index is 13.8. The van der Waals surface area contributed by atoms with Crippen molar-refractivity contribution >= 4 is 54.8 Å². The molecule has 1 aromatic heterocycles. The Kier molecular flexibility index (Phi) is 8.35. The molecule has 0 saturated carbocycles. The van der Waals surface area contributed by atoms with Crippen LogP contribution in [0, 0.1) is 5.82 Å². The Hall–Kier alpha value is -2.27. The first-order chi connectivity index (χ1) is 14.1. The summed E-state index contributed by atoms with van der Waals surface area (Å²) < 4.78 is 43.4. The maximum Gasteiger partial charge on any atom is 0.266 e. The monoisotopic (exact) mass is 487 g/mol. The third-order valence-corrected chi connectivity index (χ3v) is 6.42. The molecule has 0 radical (unpaired) electrons. The van der Waals surface area contributed by atoms with Gasteiger partial charge >= 0.3 is 0 Å². The highest BCUT2D eigenvalue weighted by Crippen LogP contribution is 2.31. The van der Waals surface area contributed by atoms with E-state index >= 15 is 0 Å². The molecule has 0 fully saturated rings. The number of fused-ring (bicyclic) bond motifs is 1. The predicted molar refractivity (Wildman–Crippen MR) is 123 cm³/mol. The van der Waals surface area contributed by atoms with Crippen molar-refractivity contribution in [3.05, 3.63) is 48.3 Å². The van der Waals surface area contributed by atoms with Gasteiger partial charge in [0.2, 0.25) is 0 Å². The smallest absolute Gasteiger partial charge is 0.266 e. The molecular weight excluding hydrogens is 465 g/mol. The molecule has 0 bridgehead atoms. The lowest BCUT2D eigenvalue weighted by Gasteiger charge is -2.22. The zero-order chi connectivity index (χ0) is 21.9. The van der Waals surface area contributed by atoms with Gasteiger partial charge in [0.25, 0.3) is 5.91 Å². The van der Waals surface area contributed by atoms with Crippen molar-refractivity contribution in [1.29, 1.82) is 0 Å². The van der Waals surface area contributed by atoms with Crippen molar-refractivity contribution in [3.8, 4) is 5.75 Å². The van der Waals surface area contributed by atoms with Gasteiger partial charge in [0.05, 0.1) is 15.1 Å². The number of carbonyl (C=O) groups excluding carboxylic acids is 1. The van der Waals surface area contributed by atoms with Crippen LogP contribution in [0.1, 0.15) is 0 Å². The Bertz CT molecular complexity index is 1170. The average Bonchev–Trinajstić information content (AvgIpc) is 3.09. The number of thiazole rings is 1. The Morgan fingerprint density at radius 3 is 2.52 bits per heavy atom. The molecule has 1 amide bonds. The van der Waals surface area contributed by atoms with Gasteiger partial charge < -0.3 is 9.64 Å². The highest BCUT2D eigenvalue weighted by Gasteiger charge is 2.21.